The van der Waals surface area contributed by atoms with Crippen LogP contribution < -0.4 is 11.2 Å². The van der Waals surface area contributed by atoms with Gasteiger partial charge in [-0.25, -0.2) is 0 Å². The number of carbonyl (C=O) groups excluding carboxylic acids is 2. The lowest BCUT2D eigenvalue weighted by atomic mass is 10.1. The molecule has 4 N–H and O–H groups in total. The van der Waals surface area contributed by atoms with E-state index in [1.54, 1.807) is 29.2 Å². The van der Waals surface area contributed by atoms with E-state index in [4.69, 9.17) is 5.84 Å². The monoisotopic (exact) mass is 332 g/mol. The van der Waals surface area contributed by atoms with Gasteiger partial charge in [-0.15, -0.1) is 0 Å². The Morgan fingerprint density at radius 2 is 1.96 bits per heavy atom. The molecule has 0 bridgehead atoms. The van der Waals surface area contributed by atoms with Crippen molar-refractivity contribution in [3.8, 4) is 0 Å². The number of aliphatic hydroxyl groups excluding tert-OH is 1. The Morgan fingerprint density at radius 1 is 1.29 bits per heavy atom. The molecule has 1 saturated heterocycles. The zero-order valence-corrected chi connectivity index (χ0v) is 13.6. The molecule has 0 radical (unpaired) electrons. The summed E-state index contributed by atoms with van der Waals surface area (Å²) in [6.07, 6.45) is 3.52. The third-order valence-electron chi connectivity index (χ3n) is 4.07. The van der Waals surface area contributed by atoms with E-state index in [0.29, 0.717) is 50.9 Å². The number of piperidine rings is 1. The quantitative estimate of drug-likeness (QED) is 0.304. The smallest absolute Gasteiger partial charge is 0.251 e. The Kier molecular flexibility index (Phi) is 6.74. The number of amides is 2. The van der Waals surface area contributed by atoms with E-state index < -0.39 is 0 Å². The molecule has 130 valence electrons. The number of likely N-dealkylation sites (tertiary alicyclic amines) is 1. The molecule has 1 heterocycles. The number of hydrogen-bond donors (Lipinski definition) is 3. The Hall–Kier alpha value is -2.41. The third kappa shape index (κ3) is 5.34. The number of hydrazone groups is 1. The second-order valence-corrected chi connectivity index (χ2v) is 5.87. The van der Waals surface area contributed by atoms with Crippen LogP contribution in [-0.4, -0.2) is 53.8 Å². The number of carbonyl (C=O) groups is 2. The Morgan fingerprint density at radius 3 is 2.58 bits per heavy atom. The maximum atomic E-state index is 12.0. The predicted octanol–water partition coefficient (Wildman–Crippen LogP) is 0.473. The van der Waals surface area contributed by atoms with Crippen molar-refractivity contribution in [2.45, 2.75) is 31.8 Å². The normalized spacial score (nSPS) is 15.6. The maximum Gasteiger partial charge on any atom is 0.251 e. The average molecular weight is 332 g/mol. The first-order valence-corrected chi connectivity index (χ1v) is 8.17. The molecule has 0 saturated carbocycles. The van der Waals surface area contributed by atoms with Crippen LogP contribution in [0.5, 0.6) is 0 Å². The summed E-state index contributed by atoms with van der Waals surface area (Å²) < 4.78 is 0. The molecule has 0 atom stereocenters. The summed E-state index contributed by atoms with van der Waals surface area (Å²) in [5.41, 5.74) is 1.38. The summed E-state index contributed by atoms with van der Waals surface area (Å²) in [6, 6.07) is 6.94. The molecular weight excluding hydrogens is 308 g/mol. The highest BCUT2D eigenvalue weighted by molar-refractivity contribution is 5.95. The molecule has 1 aliphatic rings. The summed E-state index contributed by atoms with van der Waals surface area (Å²) in [7, 11) is 0. The number of nitrogens with one attached hydrogen (secondary N) is 1. The lowest BCUT2D eigenvalue weighted by molar-refractivity contribution is -0.133. The van der Waals surface area contributed by atoms with Gasteiger partial charge in [0.2, 0.25) is 5.91 Å². The predicted molar refractivity (Wildman–Crippen MR) is 91.6 cm³/mol. The summed E-state index contributed by atoms with van der Waals surface area (Å²) in [6.45, 7) is 1.68. The highest BCUT2D eigenvalue weighted by Gasteiger charge is 2.20. The SMILES string of the molecule is NN=Cc1ccc(C(=O)NCCCC(=O)N2CCC(O)CC2)cc1. The van der Waals surface area contributed by atoms with Crippen molar-refractivity contribution in [3.63, 3.8) is 0 Å². The molecule has 0 spiro atoms. The zero-order valence-electron chi connectivity index (χ0n) is 13.6. The highest BCUT2D eigenvalue weighted by Crippen LogP contribution is 2.11. The number of rotatable bonds is 6. The van der Waals surface area contributed by atoms with Gasteiger partial charge in [-0.3, -0.25) is 9.59 Å². The minimum absolute atomic E-state index is 0.0848. The first-order chi connectivity index (χ1) is 11.6. The molecule has 1 aromatic carbocycles. The van der Waals surface area contributed by atoms with Crippen LogP contribution in [0.1, 0.15) is 41.6 Å². The largest absolute Gasteiger partial charge is 0.393 e. The highest BCUT2D eigenvalue weighted by atomic mass is 16.3. The minimum Gasteiger partial charge on any atom is -0.393 e. The van der Waals surface area contributed by atoms with Gasteiger partial charge < -0.3 is 21.2 Å². The van der Waals surface area contributed by atoms with Crippen molar-refractivity contribution in [1.29, 1.82) is 0 Å². The molecule has 7 nitrogen and oxygen atoms in total. The summed E-state index contributed by atoms with van der Waals surface area (Å²) in [5, 5.41) is 15.7. The minimum atomic E-state index is -0.282. The van der Waals surface area contributed by atoms with E-state index in [2.05, 4.69) is 10.4 Å². The second kappa shape index (κ2) is 9.02. The molecule has 0 aromatic heterocycles. The fraction of sp³-hybridized carbons (Fsp3) is 0.471. The van der Waals surface area contributed by atoms with Crippen LogP contribution in [0.15, 0.2) is 29.4 Å². The van der Waals surface area contributed by atoms with Gasteiger partial charge in [-0.1, -0.05) is 12.1 Å². The van der Waals surface area contributed by atoms with Crippen molar-refractivity contribution in [2.75, 3.05) is 19.6 Å². The van der Waals surface area contributed by atoms with Crippen molar-refractivity contribution in [2.24, 2.45) is 10.9 Å². The van der Waals surface area contributed by atoms with Crippen LogP contribution in [0.4, 0.5) is 0 Å². The van der Waals surface area contributed by atoms with Crippen LogP contribution in [0.2, 0.25) is 0 Å². The topological polar surface area (TPSA) is 108 Å². The standard InChI is InChI=1S/C17H24N4O3/c18-20-12-13-3-5-14(6-4-13)17(24)19-9-1-2-16(23)21-10-7-15(22)8-11-21/h3-6,12,15,22H,1-2,7-11,18H2,(H,19,24). The van der Waals surface area contributed by atoms with E-state index in [-0.39, 0.29) is 17.9 Å². The number of nitrogens with two attached hydrogens (primary N) is 1. The Labute approximate surface area is 141 Å². The van der Waals surface area contributed by atoms with Crippen LogP contribution >= 0.6 is 0 Å². The van der Waals surface area contributed by atoms with Crippen molar-refractivity contribution in [3.05, 3.63) is 35.4 Å². The van der Waals surface area contributed by atoms with Crippen LogP contribution in [0.3, 0.4) is 0 Å². The van der Waals surface area contributed by atoms with E-state index >= 15 is 0 Å². The van der Waals surface area contributed by atoms with Gasteiger partial charge in [0.15, 0.2) is 0 Å². The fourth-order valence-electron chi connectivity index (χ4n) is 2.62. The third-order valence-corrected chi connectivity index (χ3v) is 4.07. The molecule has 0 aliphatic carbocycles. The summed E-state index contributed by atoms with van der Waals surface area (Å²) in [4.78, 5) is 25.8. The lowest BCUT2D eigenvalue weighted by Crippen LogP contribution is -2.40. The van der Waals surface area contributed by atoms with Gasteiger partial charge >= 0.3 is 0 Å². The molecule has 2 amide bonds. The molecule has 1 fully saturated rings. The molecule has 24 heavy (non-hydrogen) atoms. The molecule has 2 rings (SSSR count). The Bertz CT molecular complexity index is 578. The van der Waals surface area contributed by atoms with E-state index in [0.717, 1.165) is 5.56 Å². The Balaban J connectivity index is 1.68. The van der Waals surface area contributed by atoms with Gasteiger partial charge in [0.1, 0.15) is 0 Å². The van der Waals surface area contributed by atoms with Gasteiger partial charge in [0, 0.05) is 31.6 Å². The van der Waals surface area contributed by atoms with Gasteiger partial charge in [0.05, 0.1) is 12.3 Å². The molecule has 7 heteroatoms. The van der Waals surface area contributed by atoms with Crippen molar-refractivity contribution >= 4 is 18.0 Å². The second-order valence-electron chi connectivity index (χ2n) is 5.87. The molecule has 0 unspecified atom stereocenters. The summed E-state index contributed by atoms with van der Waals surface area (Å²) in [5.74, 6) is 4.99. The number of nitrogens with zero attached hydrogens (tertiary/aromatic N) is 2. The van der Waals surface area contributed by atoms with Crippen LogP contribution in [0.25, 0.3) is 0 Å². The van der Waals surface area contributed by atoms with Crippen LogP contribution in [0, 0.1) is 0 Å². The lowest BCUT2D eigenvalue weighted by Gasteiger charge is -2.29. The summed E-state index contributed by atoms with van der Waals surface area (Å²) >= 11 is 0. The van der Waals surface area contributed by atoms with Gasteiger partial charge in [-0.2, -0.15) is 5.10 Å². The molecular formula is C17H24N4O3. The van der Waals surface area contributed by atoms with E-state index in [1.807, 2.05) is 0 Å². The zero-order chi connectivity index (χ0) is 17.4. The van der Waals surface area contributed by atoms with Crippen molar-refractivity contribution in [1.82, 2.24) is 10.2 Å². The van der Waals surface area contributed by atoms with E-state index in [9.17, 15) is 14.7 Å². The first-order valence-electron chi connectivity index (χ1n) is 8.17. The first kappa shape index (κ1) is 17.9. The number of benzene rings is 1. The number of aliphatic hydroxyl groups is 1. The molecule has 1 aromatic rings. The molecule has 1 aliphatic heterocycles. The number of hydrogen-bond acceptors (Lipinski definition) is 5. The average Bonchev–Trinajstić information content (AvgIpc) is 2.60. The van der Waals surface area contributed by atoms with Gasteiger partial charge in [-0.05, 0) is 37.0 Å². The fourth-order valence-corrected chi connectivity index (χ4v) is 2.62. The van der Waals surface area contributed by atoms with Gasteiger partial charge in [0.25, 0.3) is 5.91 Å². The van der Waals surface area contributed by atoms with Crippen molar-refractivity contribution < 1.29 is 14.7 Å². The van der Waals surface area contributed by atoms with Crippen LogP contribution in [-0.2, 0) is 4.79 Å². The van der Waals surface area contributed by atoms with E-state index in [1.165, 1.54) is 6.21 Å². The maximum absolute atomic E-state index is 12.0.